The fourth-order valence-electron chi connectivity index (χ4n) is 4.11. The van der Waals surface area contributed by atoms with Gasteiger partial charge in [-0.15, -0.1) is 0 Å². The molecule has 0 spiro atoms. The van der Waals surface area contributed by atoms with E-state index in [2.05, 4.69) is 4.98 Å². The van der Waals surface area contributed by atoms with Crippen LogP contribution >= 0.6 is 0 Å². The van der Waals surface area contributed by atoms with Gasteiger partial charge in [0.25, 0.3) is 11.7 Å². The molecule has 7 heteroatoms. The van der Waals surface area contributed by atoms with Gasteiger partial charge in [0.1, 0.15) is 17.3 Å². The van der Waals surface area contributed by atoms with Crippen molar-refractivity contribution in [1.29, 1.82) is 0 Å². The first-order chi connectivity index (χ1) is 16.3. The molecule has 1 atom stereocenters. The number of nitrogens with zero attached hydrogens (tertiary/aromatic N) is 2. The molecular weight excluding hydrogens is 432 g/mol. The number of methoxy groups -OCH3 is 1. The van der Waals surface area contributed by atoms with Crippen LogP contribution in [0.4, 0.5) is 5.69 Å². The predicted octanol–water partition coefficient (Wildman–Crippen LogP) is 4.81. The van der Waals surface area contributed by atoms with E-state index in [0.29, 0.717) is 28.3 Å². The Morgan fingerprint density at radius 3 is 2.38 bits per heavy atom. The number of aryl methyl sites for hydroxylation is 1. The van der Waals surface area contributed by atoms with E-state index >= 15 is 0 Å². The van der Waals surface area contributed by atoms with Gasteiger partial charge in [0, 0.05) is 18.0 Å². The summed E-state index contributed by atoms with van der Waals surface area (Å²) in [5, 5.41) is 11.3. The third-order valence-corrected chi connectivity index (χ3v) is 5.62. The lowest BCUT2D eigenvalue weighted by molar-refractivity contribution is -0.132. The van der Waals surface area contributed by atoms with E-state index in [1.54, 1.807) is 67.0 Å². The number of ketones is 1. The highest BCUT2D eigenvalue weighted by atomic mass is 16.5. The SMILES string of the molecule is COc1ccccc1N1C(=O)C(=O)/C(=C(\O)c2ccc(OC(C)C)c(C)c2)C1c1ccncc1. The molecular formula is C27H26N2O5. The molecule has 0 aliphatic carbocycles. The Balaban J connectivity index is 1.90. The summed E-state index contributed by atoms with van der Waals surface area (Å²) in [4.78, 5) is 32.0. The Kier molecular flexibility index (Phi) is 6.36. The van der Waals surface area contributed by atoms with Crippen molar-refractivity contribution in [2.45, 2.75) is 32.9 Å². The first kappa shape index (κ1) is 23.0. The zero-order valence-electron chi connectivity index (χ0n) is 19.5. The number of Topliss-reactive ketones (excluding diaryl/α,β-unsaturated/α-hetero) is 1. The van der Waals surface area contributed by atoms with Gasteiger partial charge in [-0.1, -0.05) is 12.1 Å². The Morgan fingerprint density at radius 1 is 1.03 bits per heavy atom. The summed E-state index contributed by atoms with van der Waals surface area (Å²) in [5.41, 5.74) is 2.30. The van der Waals surface area contributed by atoms with Crippen LogP contribution in [0.2, 0.25) is 0 Å². The number of carbonyl (C=O) groups excluding carboxylic acids is 2. The van der Waals surface area contributed by atoms with Gasteiger partial charge in [-0.3, -0.25) is 19.5 Å². The lowest BCUT2D eigenvalue weighted by atomic mass is 9.95. The highest BCUT2D eigenvalue weighted by molar-refractivity contribution is 6.51. The first-order valence-electron chi connectivity index (χ1n) is 10.9. The minimum Gasteiger partial charge on any atom is -0.507 e. The quantitative estimate of drug-likeness (QED) is 0.324. The molecule has 1 aliphatic rings. The largest absolute Gasteiger partial charge is 0.507 e. The molecule has 0 radical (unpaired) electrons. The molecule has 1 amide bonds. The lowest BCUT2D eigenvalue weighted by Gasteiger charge is -2.26. The average molecular weight is 459 g/mol. The van der Waals surface area contributed by atoms with Crippen molar-refractivity contribution in [1.82, 2.24) is 4.98 Å². The molecule has 0 saturated carbocycles. The Hall–Kier alpha value is -4.13. The Bertz CT molecular complexity index is 1270. The molecule has 2 aromatic carbocycles. The number of aliphatic hydroxyl groups excluding tert-OH is 1. The molecule has 174 valence electrons. The maximum absolute atomic E-state index is 13.3. The van der Waals surface area contributed by atoms with Gasteiger partial charge in [-0.2, -0.15) is 0 Å². The fourth-order valence-corrected chi connectivity index (χ4v) is 4.11. The zero-order valence-corrected chi connectivity index (χ0v) is 19.5. The average Bonchev–Trinajstić information content (AvgIpc) is 3.10. The molecule has 7 nitrogen and oxygen atoms in total. The summed E-state index contributed by atoms with van der Waals surface area (Å²) in [6.45, 7) is 5.73. The van der Waals surface area contributed by atoms with Crippen LogP contribution in [-0.4, -0.2) is 35.0 Å². The summed E-state index contributed by atoms with van der Waals surface area (Å²) in [7, 11) is 1.50. The minimum atomic E-state index is -0.855. The number of rotatable bonds is 6. The lowest BCUT2D eigenvalue weighted by Crippen LogP contribution is -2.29. The van der Waals surface area contributed by atoms with Crippen LogP contribution in [0.25, 0.3) is 5.76 Å². The second-order valence-electron chi connectivity index (χ2n) is 8.27. The molecule has 0 bridgehead atoms. The highest BCUT2D eigenvalue weighted by Crippen LogP contribution is 2.44. The van der Waals surface area contributed by atoms with E-state index in [1.807, 2.05) is 20.8 Å². The summed E-state index contributed by atoms with van der Waals surface area (Å²) in [5.74, 6) is -0.646. The second kappa shape index (κ2) is 9.39. The zero-order chi connectivity index (χ0) is 24.4. The van der Waals surface area contributed by atoms with Crippen molar-refractivity contribution in [3.8, 4) is 11.5 Å². The van der Waals surface area contributed by atoms with Gasteiger partial charge in [-0.25, -0.2) is 0 Å². The third kappa shape index (κ3) is 4.12. The highest BCUT2D eigenvalue weighted by Gasteiger charge is 2.47. The van der Waals surface area contributed by atoms with E-state index < -0.39 is 17.7 Å². The number of hydrogen-bond acceptors (Lipinski definition) is 6. The van der Waals surface area contributed by atoms with Crippen LogP contribution in [0.5, 0.6) is 11.5 Å². The smallest absolute Gasteiger partial charge is 0.300 e. The van der Waals surface area contributed by atoms with Crippen LogP contribution in [0.1, 0.15) is 36.6 Å². The molecule has 3 aromatic rings. The monoisotopic (exact) mass is 458 g/mol. The summed E-state index contributed by atoms with van der Waals surface area (Å²) < 4.78 is 11.2. The molecule has 1 N–H and O–H groups in total. The van der Waals surface area contributed by atoms with Crippen LogP contribution in [0, 0.1) is 6.92 Å². The van der Waals surface area contributed by atoms with Gasteiger partial charge in [0.15, 0.2) is 0 Å². The first-order valence-corrected chi connectivity index (χ1v) is 10.9. The van der Waals surface area contributed by atoms with E-state index in [9.17, 15) is 14.7 Å². The molecule has 1 fully saturated rings. The summed E-state index contributed by atoms with van der Waals surface area (Å²) in [6.07, 6.45) is 3.16. The molecule has 1 saturated heterocycles. The Labute approximate surface area is 198 Å². The van der Waals surface area contributed by atoms with Crippen molar-refractivity contribution in [3.63, 3.8) is 0 Å². The molecule has 1 aliphatic heterocycles. The molecule has 1 unspecified atom stereocenters. The van der Waals surface area contributed by atoms with E-state index in [1.165, 1.54) is 12.0 Å². The number of para-hydroxylation sites is 2. The number of aliphatic hydroxyl groups is 1. The van der Waals surface area contributed by atoms with E-state index in [4.69, 9.17) is 9.47 Å². The van der Waals surface area contributed by atoms with Gasteiger partial charge in [0.2, 0.25) is 0 Å². The van der Waals surface area contributed by atoms with Crippen molar-refractivity contribution in [3.05, 3.63) is 89.3 Å². The standard InChI is InChI=1S/C27H26N2O5/c1-16(2)34-21-10-9-19(15-17(21)3)25(30)23-24(18-11-13-28-14-12-18)29(27(32)26(23)31)20-7-5-6-8-22(20)33-4/h5-16,24,30H,1-4H3/b25-23-. The third-order valence-electron chi connectivity index (χ3n) is 5.62. The maximum Gasteiger partial charge on any atom is 0.300 e. The second-order valence-corrected chi connectivity index (χ2v) is 8.27. The van der Waals surface area contributed by atoms with Crippen LogP contribution in [-0.2, 0) is 9.59 Å². The molecule has 4 rings (SSSR count). The number of aromatic nitrogens is 1. The summed E-state index contributed by atoms with van der Waals surface area (Å²) >= 11 is 0. The topological polar surface area (TPSA) is 89.0 Å². The number of hydrogen-bond donors (Lipinski definition) is 1. The minimum absolute atomic E-state index is 0.000894. The number of amides is 1. The normalized spacial score (nSPS) is 17.3. The van der Waals surface area contributed by atoms with Crippen molar-refractivity contribution < 1.29 is 24.2 Å². The van der Waals surface area contributed by atoms with Gasteiger partial charge >= 0.3 is 0 Å². The number of ether oxygens (including phenoxy) is 2. The molecule has 34 heavy (non-hydrogen) atoms. The number of benzene rings is 2. The summed E-state index contributed by atoms with van der Waals surface area (Å²) in [6, 6.07) is 14.7. The van der Waals surface area contributed by atoms with Crippen molar-refractivity contribution >= 4 is 23.1 Å². The number of anilines is 1. The fraction of sp³-hybridized carbons (Fsp3) is 0.222. The van der Waals surface area contributed by atoms with Gasteiger partial charge < -0.3 is 14.6 Å². The van der Waals surface area contributed by atoms with Gasteiger partial charge in [-0.05, 0) is 74.4 Å². The van der Waals surface area contributed by atoms with Crippen molar-refractivity contribution in [2.75, 3.05) is 12.0 Å². The van der Waals surface area contributed by atoms with E-state index in [0.717, 1.165) is 5.56 Å². The van der Waals surface area contributed by atoms with Gasteiger partial charge in [0.05, 0.1) is 30.5 Å². The van der Waals surface area contributed by atoms with Crippen molar-refractivity contribution in [2.24, 2.45) is 0 Å². The number of pyridine rings is 1. The molecule has 1 aromatic heterocycles. The maximum atomic E-state index is 13.3. The van der Waals surface area contributed by atoms with Crippen LogP contribution in [0.15, 0.2) is 72.6 Å². The molecule has 2 heterocycles. The Morgan fingerprint density at radius 2 is 1.74 bits per heavy atom. The van der Waals surface area contributed by atoms with Crippen LogP contribution < -0.4 is 14.4 Å². The van der Waals surface area contributed by atoms with Crippen LogP contribution in [0.3, 0.4) is 0 Å². The predicted molar refractivity (Wildman–Crippen MR) is 129 cm³/mol. The number of carbonyl (C=O) groups is 2. The van der Waals surface area contributed by atoms with E-state index in [-0.39, 0.29) is 17.4 Å².